The van der Waals surface area contributed by atoms with E-state index in [1.165, 1.54) is 18.3 Å². The molecular formula is C25H21N3O6. The van der Waals surface area contributed by atoms with Crippen molar-refractivity contribution in [2.45, 2.75) is 13.5 Å². The van der Waals surface area contributed by atoms with E-state index in [4.69, 9.17) is 13.9 Å². The maximum Gasteiger partial charge on any atom is 0.311 e. The molecule has 172 valence electrons. The van der Waals surface area contributed by atoms with E-state index in [9.17, 15) is 14.9 Å². The number of rotatable bonds is 9. The molecule has 0 spiro atoms. The van der Waals surface area contributed by atoms with Crippen molar-refractivity contribution in [1.82, 2.24) is 5.43 Å². The molecule has 1 N–H and O–H groups in total. The minimum Gasteiger partial charge on any atom is -0.494 e. The van der Waals surface area contributed by atoms with Crippen molar-refractivity contribution in [3.63, 3.8) is 0 Å². The van der Waals surface area contributed by atoms with Crippen LogP contribution in [0.2, 0.25) is 0 Å². The molecule has 4 aromatic rings. The second-order valence-corrected chi connectivity index (χ2v) is 7.20. The number of hydrogen-bond acceptors (Lipinski definition) is 7. The van der Waals surface area contributed by atoms with E-state index in [-0.39, 0.29) is 23.8 Å². The molecule has 0 fully saturated rings. The molecule has 9 nitrogen and oxygen atoms in total. The van der Waals surface area contributed by atoms with Gasteiger partial charge in [0.15, 0.2) is 11.5 Å². The molecule has 0 unspecified atom stereocenters. The fourth-order valence-electron chi connectivity index (χ4n) is 3.23. The minimum atomic E-state index is -0.553. The molecule has 0 aliphatic rings. The number of benzene rings is 3. The van der Waals surface area contributed by atoms with Crippen molar-refractivity contribution in [1.29, 1.82) is 0 Å². The number of ether oxygens (including phenoxy) is 2. The van der Waals surface area contributed by atoms with Crippen LogP contribution in [0.5, 0.6) is 11.5 Å². The van der Waals surface area contributed by atoms with Gasteiger partial charge in [0, 0.05) is 17.0 Å². The highest BCUT2D eigenvalue weighted by Gasteiger charge is 2.16. The van der Waals surface area contributed by atoms with Crippen LogP contribution in [0.15, 0.2) is 82.3 Å². The van der Waals surface area contributed by atoms with Crippen LogP contribution in [0.3, 0.4) is 0 Å². The Morgan fingerprint density at radius 2 is 1.91 bits per heavy atom. The fourth-order valence-corrected chi connectivity index (χ4v) is 3.23. The lowest BCUT2D eigenvalue weighted by atomic mass is 10.2. The molecule has 3 aromatic carbocycles. The second kappa shape index (κ2) is 10.3. The summed E-state index contributed by atoms with van der Waals surface area (Å²) in [7, 11) is 0. The van der Waals surface area contributed by atoms with Crippen LogP contribution in [0.4, 0.5) is 5.69 Å². The third-order valence-corrected chi connectivity index (χ3v) is 4.82. The third-order valence-electron chi connectivity index (χ3n) is 4.82. The maximum atomic E-state index is 12.4. The van der Waals surface area contributed by atoms with Crippen LogP contribution in [-0.2, 0) is 6.61 Å². The molecule has 0 atom stereocenters. The van der Waals surface area contributed by atoms with Gasteiger partial charge in [0.25, 0.3) is 0 Å². The molecule has 1 aromatic heterocycles. The van der Waals surface area contributed by atoms with Gasteiger partial charge >= 0.3 is 11.6 Å². The second-order valence-electron chi connectivity index (χ2n) is 7.20. The van der Waals surface area contributed by atoms with E-state index in [2.05, 4.69) is 10.5 Å². The summed E-state index contributed by atoms with van der Waals surface area (Å²) < 4.78 is 16.6. The highest BCUT2D eigenvalue weighted by atomic mass is 16.6. The summed E-state index contributed by atoms with van der Waals surface area (Å²) in [6.45, 7) is 2.62. The molecule has 0 saturated heterocycles. The molecule has 1 amide bonds. The van der Waals surface area contributed by atoms with Gasteiger partial charge in [0.05, 0.1) is 17.7 Å². The number of hydrogen-bond donors (Lipinski definition) is 1. The number of nitrogens with zero attached hydrogens (tertiary/aromatic N) is 2. The number of carbonyl (C=O) groups is 1. The topological polar surface area (TPSA) is 116 Å². The number of hydrazone groups is 1. The summed E-state index contributed by atoms with van der Waals surface area (Å²) in [5, 5.41) is 16.1. The van der Waals surface area contributed by atoms with Crippen LogP contribution in [0, 0.1) is 10.1 Å². The Labute approximate surface area is 194 Å². The van der Waals surface area contributed by atoms with Gasteiger partial charge in [-0.15, -0.1) is 0 Å². The first kappa shape index (κ1) is 22.5. The average molecular weight is 459 g/mol. The largest absolute Gasteiger partial charge is 0.494 e. The third kappa shape index (κ3) is 5.39. The minimum absolute atomic E-state index is 0.0800. The number of nitrogens with one attached hydrogen (secondary N) is 1. The van der Waals surface area contributed by atoms with Crippen molar-refractivity contribution >= 4 is 28.8 Å². The van der Waals surface area contributed by atoms with Crippen LogP contribution < -0.4 is 14.9 Å². The SMILES string of the molecule is CCOc1ccc2oc(C(=O)N/N=C/c3ccc(OCc4ccccc4)c([N+](=O)[O-])c3)cc2c1. The maximum absolute atomic E-state index is 12.4. The Bertz CT molecular complexity index is 1350. The van der Waals surface area contributed by atoms with Gasteiger partial charge in [0.2, 0.25) is 0 Å². The molecular weight excluding hydrogens is 438 g/mol. The molecule has 34 heavy (non-hydrogen) atoms. The fraction of sp³-hybridized carbons (Fsp3) is 0.120. The predicted molar refractivity (Wildman–Crippen MR) is 126 cm³/mol. The number of carbonyl (C=O) groups excluding carboxylic acids is 1. The average Bonchev–Trinajstić information content (AvgIpc) is 3.27. The quantitative estimate of drug-likeness (QED) is 0.212. The number of nitro benzene ring substituents is 1. The smallest absolute Gasteiger partial charge is 0.311 e. The Balaban J connectivity index is 1.42. The molecule has 0 aliphatic heterocycles. The zero-order chi connectivity index (χ0) is 23.9. The number of amides is 1. The highest BCUT2D eigenvalue weighted by molar-refractivity contribution is 5.96. The first-order valence-electron chi connectivity index (χ1n) is 10.5. The van der Waals surface area contributed by atoms with Crippen LogP contribution in [-0.4, -0.2) is 23.7 Å². The number of furan rings is 1. The first-order valence-corrected chi connectivity index (χ1v) is 10.5. The van der Waals surface area contributed by atoms with Crippen molar-refractivity contribution < 1.29 is 23.6 Å². The molecule has 0 radical (unpaired) electrons. The van der Waals surface area contributed by atoms with Gasteiger partial charge in [-0.05, 0) is 48.9 Å². The van der Waals surface area contributed by atoms with Gasteiger partial charge in [-0.25, -0.2) is 5.43 Å². The molecule has 0 bridgehead atoms. The van der Waals surface area contributed by atoms with E-state index >= 15 is 0 Å². The van der Waals surface area contributed by atoms with Gasteiger partial charge in [-0.3, -0.25) is 14.9 Å². The standard InChI is InChI=1S/C25H21N3O6/c1-2-32-20-9-11-22-19(13-20)14-24(34-22)25(29)27-26-15-18-8-10-23(21(12-18)28(30)31)33-16-17-6-4-3-5-7-17/h3-15H,2,16H2,1H3,(H,27,29)/b26-15+. The lowest BCUT2D eigenvalue weighted by Crippen LogP contribution is -2.16. The molecule has 1 heterocycles. The summed E-state index contributed by atoms with van der Waals surface area (Å²) in [6.07, 6.45) is 1.31. The molecule has 4 rings (SSSR count). The van der Waals surface area contributed by atoms with Crippen molar-refractivity contribution in [3.05, 3.63) is 99.8 Å². The molecule has 0 saturated carbocycles. The summed E-state index contributed by atoms with van der Waals surface area (Å²) in [5.74, 6) is 0.349. The molecule has 9 heteroatoms. The summed E-state index contributed by atoms with van der Waals surface area (Å²) in [6, 6.07) is 20.6. The van der Waals surface area contributed by atoms with Crippen molar-refractivity contribution in [3.8, 4) is 11.5 Å². The summed E-state index contributed by atoms with van der Waals surface area (Å²) >= 11 is 0. The summed E-state index contributed by atoms with van der Waals surface area (Å²) in [5.41, 5.74) is 4.02. The van der Waals surface area contributed by atoms with E-state index in [1.54, 1.807) is 30.3 Å². The Morgan fingerprint density at radius 1 is 1.09 bits per heavy atom. The number of fused-ring (bicyclic) bond motifs is 1. The van der Waals surface area contributed by atoms with Gasteiger partial charge in [0.1, 0.15) is 17.9 Å². The van der Waals surface area contributed by atoms with Crippen LogP contribution >= 0.6 is 0 Å². The van der Waals surface area contributed by atoms with E-state index in [0.717, 1.165) is 10.9 Å². The monoisotopic (exact) mass is 459 g/mol. The van der Waals surface area contributed by atoms with Gasteiger partial charge in [-0.1, -0.05) is 30.3 Å². The van der Waals surface area contributed by atoms with E-state index in [1.807, 2.05) is 37.3 Å². The highest BCUT2D eigenvalue weighted by Crippen LogP contribution is 2.28. The lowest BCUT2D eigenvalue weighted by molar-refractivity contribution is -0.385. The lowest BCUT2D eigenvalue weighted by Gasteiger charge is -2.07. The Kier molecular flexibility index (Phi) is 6.83. The van der Waals surface area contributed by atoms with Crippen molar-refractivity contribution in [2.24, 2.45) is 5.10 Å². The van der Waals surface area contributed by atoms with Crippen LogP contribution in [0.1, 0.15) is 28.6 Å². The predicted octanol–water partition coefficient (Wildman–Crippen LogP) is 5.08. The zero-order valence-corrected chi connectivity index (χ0v) is 18.3. The van der Waals surface area contributed by atoms with E-state index in [0.29, 0.717) is 23.5 Å². The van der Waals surface area contributed by atoms with Crippen molar-refractivity contribution in [2.75, 3.05) is 6.61 Å². The normalized spacial score (nSPS) is 11.0. The van der Waals surface area contributed by atoms with Gasteiger partial charge < -0.3 is 13.9 Å². The zero-order valence-electron chi connectivity index (χ0n) is 18.3. The van der Waals surface area contributed by atoms with Gasteiger partial charge in [-0.2, -0.15) is 5.10 Å². The Hall–Kier alpha value is -4.66. The molecule has 0 aliphatic carbocycles. The Morgan fingerprint density at radius 3 is 2.68 bits per heavy atom. The number of nitro groups is 1. The van der Waals surface area contributed by atoms with Crippen LogP contribution in [0.25, 0.3) is 11.0 Å². The summed E-state index contributed by atoms with van der Waals surface area (Å²) in [4.78, 5) is 23.4. The first-order chi connectivity index (χ1) is 16.5. The van der Waals surface area contributed by atoms with E-state index < -0.39 is 10.8 Å².